The smallest absolute Gasteiger partial charge is 0.224 e. The topological polar surface area (TPSA) is 55.1 Å². The van der Waals surface area contributed by atoms with Crippen molar-refractivity contribution >= 4 is 5.91 Å². The SMILES string of the molecule is CCC(C)C(C)NCC(C)(C)C(N)=O. The molecule has 0 radical (unpaired) electrons. The predicted octanol–water partition coefficient (Wildman–Crippen LogP) is 1.52. The molecule has 0 aliphatic rings. The van der Waals surface area contributed by atoms with E-state index in [1.54, 1.807) is 0 Å². The van der Waals surface area contributed by atoms with Crippen LogP contribution < -0.4 is 11.1 Å². The van der Waals surface area contributed by atoms with Gasteiger partial charge in [0.2, 0.25) is 5.91 Å². The van der Waals surface area contributed by atoms with Gasteiger partial charge in [-0.25, -0.2) is 0 Å². The maximum atomic E-state index is 11.1. The Labute approximate surface area is 87.4 Å². The highest BCUT2D eigenvalue weighted by Crippen LogP contribution is 2.14. The number of nitrogens with one attached hydrogen (secondary N) is 1. The average molecular weight is 200 g/mol. The Hall–Kier alpha value is -0.570. The van der Waals surface area contributed by atoms with Gasteiger partial charge in [-0.05, 0) is 26.7 Å². The van der Waals surface area contributed by atoms with Gasteiger partial charge < -0.3 is 11.1 Å². The highest BCUT2D eigenvalue weighted by atomic mass is 16.1. The van der Waals surface area contributed by atoms with Crippen LogP contribution in [-0.4, -0.2) is 18.5 Å². The Morgan fingerprint density at radius 2 is 1.93 bits per heavy atom. The molecule has 3 heteroatoms. The molecule has 0 saturated carbocycles. The number of hydrogen-bond donors (Lipinski definition) is 2. The lowest BCUT2D eigenvalue weighted by Crippen LogP contribution is -2.44. The molecule has 1 amide bonds. The van der Waals surface area contributed by atoms with Crippen molar-refractivity contribution in [2.45, 2.75) is 47.1 Å². The maximum absolute atomic E-state index is 11.1. The molecule has 0 aromatic rings. The lowest BCUT2D eigenvalue weighted by molar-refractivity contribution is -0.125. The summed E-state index contributed by atoms with van der Waals surface area (Å²) in [5.74, 6) is 0.375. The van der Waals surface area contributed by atoms with E-state index < -0.39 is 5.41 Å². The van der Waals surface area contributed by atoms with Crippen LogP contribution in [0.2, 0.25) is 0 Å². The molecule has 14 heavy (non-hydrogen) atoms. The summed E-state index contributed by atoms with van der Waals surface area (Å²) >= 11 is 0. The standard InChI is InChI=1S/C11H24N2O/c1-6-8(2)9(3)13-7-11(4,5)10(12)14/h8-9,13H,6-7H2,1-5H3,(H2,12,14). The van der Waals surface area contributed by atoms with E-state index in [0.29, 0.717) is 18.5 Å². The van der Waals surface area contributed by atoms with Crippen LogP contribution in [0.15, 0.2) is 0 Å². The monoisotopic (exact) mass is 200 g/mol. The minimum Gasteiger partial charge on any atom is -0.369 e. The van der Waals surface area contributed by atoms with Gasteiger partial charge in [0.05, 0.1) is 5.41 Å². The first-order chi connectivity index (χ1) is 6.31. The minimum atomic E-state index is -0.457. The fourth-order valence-electron chi connectivity index (χ4n) is 1.06. The van der Waals surface area contributed by atoms with Crippen molar-refractivity contribution in [3.63, 3.8) is 0 Å². The summed E-state index contributed by atoms with van der Waals surface area (Å²) < 4.78 is 0. The highest BCUT2D eigenvalue weighted by molar-refractivity contribution is 5.80. The molecule has 0 aliphatic heterocycles. The molecule has 0 saturated heterocycles. The van der Waals surface area contributed by atoms with E-state index in [2.05, 4.69) is 26.1 Å². The number of rotatable bonds is 6. The number of primary amides is 1. The first kappa shape index (κ1) is 13.4. The molecular formula is C11H24N2O. The predicted molar refractivity (Wildman–Crippen MR) is 59.9 cm³/mol. The summed E-state index contributed by atoms with van der Waals surface area (Å²) in [7, 11) is 0. The zero-order chi connectivity index (χ0) is 11.4. The highest BCUT2D eigenvalue weighted by Gasteiger charge is 2.25. The lowest BCUT2D eigenvalue weighted by atomic mass is 9.91. The van der Waals surface area contributed by atoms with Crippen LogP contribution >= 0.6 is 0 Å². The van der Waals surface area contributed by atoms with Gasteiger partial charge in [0.25, 0.3) is 0 Å². The third-order valence-corrected chi connectivity index (χ3v) is 3.03. The molecule has 2 atom stereocenters. The lowest BCUT2D eigenvalue weighted by Gasteiger charge is -2.26. The van der Waals surface area contributed by atoms with Crippen molar-refractivity contribution in [3.8, 4) is 0 Å². The van der Waals surface area contributed by atoms with Gasteiger partial charge in [-0.1, -0.05) is 20.3 Å². The van der Waals surface area contributed by atoms with Crippen LogP contribution in [-0.2, 0) is 4.79 Å². The van der Waals surface area contributed by atoms with E-state index in [0.717, 1.165) is 6.42 Å². The number of hydrogen-bond acceptors (Lipinski definition) is 2. The molecule has 2 unspecified atom stereocenters. The second-order valence-electron chi connectivity index (χ2n) is 4.80. The molecule has 3 N–H and O–H groups in total. The summed E-state index contributed by atoms with van der Waals surface area (Å²) in [6.45, 7) is 10.9. The van der Waals surface area contributed by atoms with Crippen molar-refractivity contribution < 1.29 is 4.79 Å². The second kappa shape index (κ2) is 5.35. The van der Waals surface area contributed by atoms with Crippen molar-refractivity contribution in [2.24, 2.45) is 17.1 Å². The van der Waals surface area contributed by atoms with E-state index in [1.165, 1.54) is 0 Å². The van der Waals surface area contributed by atoms with Crippen molar-refractivity contribution in [3.05, 3.63) is 0 Å². The molecule has 0 aliphatic carbocycles. The summed E-state index contributed by atoms with van der Waals surface area (Å²) in [4.78, 5) is 11.1. The van der Waals surface area contributed by atoms with E-state index >= 15 is 0 Å². The quantitative estimate of drug-likeness (QED) is 0.683. The Balaban J connectivity index is 3.99. The van der Waals surface area contributed by atoms with Crippen LogP contribution in [0.1, 0.15) is 41.0 Å². The van der Waals surface area contributed by atoms with Crippen molar-refractivity contribution in [2.75, 3.05) is 6.54 Å². The molecular weight excluding hydrogens is 176 g/mol. The Morgan fingerprint density at radius 3 is 2.29 bits per heavy atom. The Morgan fingerprint density at radius 1 is 1.43 bits per heavy atom. The Kier molecular flexibility index (Phi) is 5.13. The van der Waals surface area contributed by atoms with Gasteiger partial charge in [-0.3, -0.25) is 4.79 Å². The Bertz CT molecular complexity index is 190. The fraction of sp³-hybridized carbons (Fsp3) is 0.909. The number of amides is 1. The van der Waals surface area contributed by atoms with E-state index in [-0.39, 0.29) is 5.91 Å². The van der Waals surface area contributed by atoms with Gasteiger partial charge in [-0.15, -0.1) is 0 Å². The van der Waals surface area contributed by atoms with Gasteiger partial charge in [0.15, 0.2) is 0 Å². The van der Waals surface area contributed by atoms with E-state index in [9.17, 15) is 4.79 Å². The van der Waals surface area contributed by atoms with E-state index in [1.807, 2.05) is 13.8 Å². The molecule has 0 rings (SSSR count). The first-order valence-corrected chi connectivity index (χ1v) is 5.34. The van der Waals surface area contributed by atoms with Gasteiger partial charge in [0, 0.05) is 12.6 Å². The zero-order valence-electron chi connectivity index (χ0n) is 10.1. The third kappa shape index (κ3) is 4.09. The van der Waals surface area contributed by atoms with Gasteiger partial charge >= 0.3 is 0 Å². The summed E-state index contributed by atoms with van der Waals surface area (Å²) in [6, 6.07) is 0.429. The third-order valence-electron chi connectivity index (χ3n) is 3.03. The largest absolute Gasteiger partial charge is 0.369 e. The summed E-state index contributed by atoms with van der Waals surface area (Å²) in [6.07, 6.45) is 1.14. The molecule has 84 valence electrons. The molecule has 0 aromatic carbocycles. The maximum Gasteiger partial charge on any atom is 0.224 e. The summed E-state index contributed by atoms with van der Waals surface area (Å²) in [5, 5.41) is 3.35. The second-order valence-corrected chi connectivity index (χ2v) is 4.80. The van der Waals surface area contributed by atoms with Gasteiger partial charge in [-0.2, -0.15) is 0 Å². The molecule has 0 spiro atoms. The number of carbonyl (C=O) groups excluding carboxylic acids is 1. The molecule has 0 fully saturated rings. The van der Waals surface area contributed by atoms with Crippen LogP contribution in [0.5, 0.6) is 0 Å². The van der Waals surface area contributed by atoms with Crippen LogP contribution in [0.4, 0.5) is 0 Å². The molecule has 3 nitrogen and oxygen atoms in total. The van der Waals surface area contributed by atoms with Crippen LogP contribution in [0.3, 0.4) is 0 Å². The van der Waals surface area contributed by atoms with Crippen molar-refractivity contribution in [1.82, 2.24) is 5.32 Å². The minimum absolute atomic E-state index is 0.249. The van der Waals surface area contributed by atoms with Gasteiger partial charge in [0.1, 0.15) is 0 Å². The molecule has 0 aromatic heterocycles. The first-order valence-electron chi connectivity index (χ1n) is 5.34. The average Bonchev–Trinajstić information content (AvgIpc) is 2.12. The van der Waals surface area contributed by atoms with Crippen LogP contribution in [0.25, 0.3) is 0 Å². The van der Waals surface area contributed by atoms with Crippen molar-refractivity contribution in [1.29, 1.82) is 0 Å². The molecule has 0 bridgehead atoms. The van der Waals surface area contributed by atoms with E-state index in [4.69, 9.17) is 5.73 Å². The number of carbonyl (C=O) groups is 1. The zero-order valence-corrected chi connectivity index (χ0v) is 10.1. The van der Waals surface area contributed by atoms with Crippen LogP contribution in [0, 0.1) is 11.3 Å². The molecule has 0 heterocycles. The fourth-order valence-corrected chi connectivity index (χ4v) is 1.06. The summed E-state index contributed by atoms with van der Waals surface area (Å²) in [5.41, 5.74) is 4.83. The normalized spacial score (nSPS) is 16.4. The number of nitrogens with two attached hydrogens (primary N) is 1.